The van der Waals surface area contributed by atoms with Gasteiger partial charge in [-0.3, -0.25) is 0 Å². The second-order valence-electron chi connectivity index (χ2n) is 4.73. The molecule has 1 saturated carbocycles. The van der Waals surface area contributed by atoms with Crippen molar-refractivity contribution in [3.8, 4) is 0 Å². The summed E-state index contributed by atoms with van der Waals surface area (Å²) in [5, 5.41) is 0. The first-order valence-corrected chi connectivity index (χ1v) is 6.19. The third kappa shape index (κ3) is 1.88. The summed E-state index contributed by atoms with van der Waals surface area (Å²) < 4.78 is 5.96. The van der Waals surface area contributed by atoms with E-state index in [2.05, 4.69) is 19.1 Å². The maximum absolute atomic E-state index is 5.96. The first-order valence-electron chi connectivity index (χ1n) is 6.19. The van der Waals surface area contributed by atoms with Crippen molar-refractivity contribution in [3.63, 3.8) is 0 Å². The highest BCUT2D eigenvalue weighted by Gasteiger charge is 2.45. The van der Waals surface area contributed by atoms with Crippen molar-refractivity contribution in [3.05, 3.63) is 12.2 Å². The van der Waals surface area contributed by atoms with Crippen LogP contribution in [0.1, 0.15) is 51.9 Å². The maximum atomic E-state index is 5.96. The van der Waals surface area contributed by atoms with Crippen LogP contribution in [-0.2, 0) is 4.74 Å². The molecule has 0 bridgehead atoms. The lowest BCUT2D eigenvalue weighted by Crippen LogP contribution is -2.27. The molecule has 0 aromatic heterocycles. The van der Waals surface area contributed by atoms with Gasteiger partial charge in [-0.1, -0.05) is 31.9 Å². The number of hydrogen-bond acceptors (Lipinski definition) is 1. The van der Waals surface area contributed by atoms with Crippen molar-refractivity contribution >= 4 is 0 Å². The molecule has 1 nitrogen and oxygen atoms in total. The topological polar surface area (TPSA) is 9.23 Å². The number of unbranched alkanes of at least 4 members (excludes halogenated alkanes) is 2. The highest BCUT2D eigenvalue weighted by molar-refractivity contribution is 5.11. The molecule has 0 aromatic rings. The van der Waals surface area contributed by atoms with E-state index in [0.717, 1.165) is 12.5 Å². The molecule has 2 unspecified atom stereocenters. The quantitative estimate of drug-likeness (QED) is 0.490. The van der Waals surface area contributed by atoms with Crippen LogP contribution in [0, 0.1) is 5.92 Å². The third-order valence-electron chi connectivity index (χ3n) is 3.77. The molecule has 2 rings (SSSR count). The lowest BCUT2D eigenvalue weighted by atomic mass is 9.90. The Morgan fingerprint density at radius 1 is 1.43 bits per heavy atom. The molecule has 2 fully saturated rings. The molecule has 1 aliphatic carbocycles. The minimum atomic E-state index is 0.174. The molecule has 0 spiro atoms. The van der Waals surface area contributed by atoms with E-state index in [1.807, 2.05) is 0 Å². The monoisotopic (exact) mass is 194 g/mol. The largest absolute Gasteiger partial charge is 0.371 e. The van der Waals surface area contributed by atoms with Crippen LogP contribution in [0.3, 0.4) is 0 Å². The normalized spacial score (nSPS) is 36.8. The molecule has 2 aliphatic rings. The summed E-state index contributed by atoms with van der Waals surface area (Å²) in [5.41, 5.74) is 0.174. The first kappa shape index (κ1) is 10.2. The van der Waals surface area contributed by atoms with Gasteiger partial charge in [-0.15, -0.1) is 0 Å². The molecule has 1 heterocycles. The van der Waals surface area contributed by atoms with Gasteiger partial charge in [-0.25, -0.2) is 0 Å². The van der Waals surface area contributed by atoms with Crippen LogP contribution in [0.15, 0.2) is 12.2 Å². The zero-order chi connectivity index (χ0) is 9.86. The highest BCUT2D eigenvalue weighted by Crippen LogP contribution is 2.46. The summed E-state index contributed by atoms with van der Waals surface area (Å²) in [7, 11) is 0. The highest BCUT2D eigenvalue weighted by atomic mass is 16.5. The smallest absolute Gasteiger partial charge is 0.0891 e. The van der Waals surface area contributed by atoms with Gasteiger partial charge in [-0.05, 0) is 38.0 Å². The Labute approximate surface area is 87.5 Å². The van der Waals surface area contributed by atoms with E-state index in [1.54, 1.807) is 0 Å². The molecule has 0 amide bonds. The summed E-state index contributed by atoms with van der Waals surface area (Å²) in [6, 6.07) is 0. The zero-order valence-electron chi connectivity index (χ0n) is 9.30. The van der Waals surface area contributed by atoms with E-state index in [4.69, 9.17) is 4.74 Å². The lowest BCUT2D eigenvalue weighted by molar-refractivity contribution is 0.0340. The fourth-order valence-corrected chi connectivity index (χ4v) is 2.92. The van der Waals surface area contributed by atoms with Crippen LogP contribution in [0.2, 0.25) is 0 Å². The van der Waals surface area contributed by atoms with Gasteiger partial charge >= 0.3 is 0 Å². The Kier molecular flexibility index (Phi) is 3.27. The molecule has 0 radical (unpaired) electrons. The Balaban J connectivity index is 1.90. The number of fused-ring (bicyclic) bond motifs is 1. The second-order valence-corrected chi connectivity index (χ2v) is 4.73. The van der Waals surface area contributed by atoms with Crippen molar-refractivity contribution in [2.24, 2.45) is 5.92 Å². The maximum Gasteiger partial charge on any atom is 0.0891 e. The van der Waals surface area contributed by atoms with E-state index in [9.17, 15) is 0 Å². The molecule has 1 saturated heterocycles. The zero-order valence-corrected chi connectivity index (χ0v) is 9.30. The molecule has 0 N–H and O–H groups in total. The summed E-state index contributed by atoms with van der Waals surface area (Å²) in [5.74, 6) is 0.834. The van der Waals surface area contributed by atoms with Gasteiger partial charge in [0.25, 0.3) is 0 Å². The number of hydrogen-bond donors (Lipinski definition) is 0. The first-order chi connectivity index (χ1) is 6.87. The fourth-order valence-electron chi connectivity index (χ4n) is 2.92. The van der Waals surface area contributed by atoms with E-state index in [1.165, 1.54) is 44.9 Å². The predicted molar refractivity (Wildman–Crippen MR) is 59.3 cm³/mol. The Morgan fingerprint density at radius 3 is 3.21 bits per heavy atom. The van der Waals surface area contributed by atoms with Crippen molar-refractivity contribution in [2.45, 2.75) is 57.5 Å². The number of ether oxygens (including phenoxy) is 1. The molecule has 1 aliphatic heterocycles. The number of allylic oxidation sites excluding steroid dienone is 1. The van der Waals surface area contributed by atoms with Gasteiger partial charge < -0.3 is 4.74 Å². The van der Waals surface area contributed by atoms with E-state index < -0.39 is 0 Å². The average molecular weight is 194 g/mol. The standard InChI is InChI=1S/C13H22O/c1-2-3-4-5-9-13-10-6-7-12(13)8-11-14-13/h5,9,12H,2-4,6-8,10-11H2,1H3. The number of rotatable bonds is 4. The molecular formula is C13H22O. The Bertz CT molecular complexity index is 197. The fraction of sp³-hybridized carbons (Fsp3) is 0.846. The minimum absolute atomic E-state index is 0.174. The molecular weight excluding hydrogens is 172 g/mol. The van der Waals surface area contributed by atoms with Crippen molar-refractivity contribution in [1.82, 2.24) is 0 Å². The Hall–Kier alpha value is -0.300. The Morgan fingerprint density at radius 2 is 2.36 bits per heavy atom. The van der Waals surface area contributed by atoms with Gasteiger partial charge in [-0.2, -0.15) is 0 Å². The van der Waals surface area contributed by atoms with Gasteiger partial charge in [0.05, 0.1) is 5.60 Å². The summed E-state index contributed by atoms with van der Waals surface area (Å²) in [4.78, 5) is 0. The average Bonchev–Trinajstić information content (AvgIpc) is 2.71. The molecule has 14 heavy (non-hydrogen) atoms. The van der Waals surface area contributed by atoms with Crippen LogP contribution in [0.25, 0.3) is 0 Å². The third-order valence-corrected chi connectivity index (χ3v) is 3.77. The minimum Gasteiger partial charge on any atom is -0.371 e. The van der Waals surface area contributed by atoms with Crippen molar-refractivity contribution in [1.29, 1.82) is 0 Å². The van der Waals surface area contributed by atoms with Crippen LogP contribution in [0.4, 0.5) is 0 Å². The SMILES string of the molecule is CCCCC=CC12CCCC1CCO2. The predicted octanol–water partition coefficient (Wildman–Crippen LogP) is 3.69. The van der Waals surface area contributed by atoms with Crippen LogP contribution in [0.5, 0.6) is 0 Å². The summed E-state index contributed by atoms with van der Waals surface area (Å²) in [6.45, 7) is 3.24. The van der Waals surface area contributed by atoms with E-state index in [0.29, 0.717) is 0 Å². The van der Waals surface area contributed by atoms with Gasteiger partial charge in [0.2, 0.25) is 0 Å². The van der Waals surface area contributed by atoms with Crippen molar-refractivity contribution < 1.29 is 4.74 Å². The van der Waals surface area contributed by atoms with Gasteiger partial charge in [0.1, 0.15) is 0 Å². The second kappa shape index (κ2) is 4.48. The molecule has 0 aromatic carbocycles. The lowest BCUT2D eigenvalue weighted by Gasteiger charge is -2.24. The van der Waals surface area contributed by atoms with Gasteiger partial charge in [0, 0.05) is 6.61 Å². The van der Waals surface area contributed by atoms with Crippen LogP contribution < -0.4 is 0 Å². The molecule has 80 valence electrons. The van der Waals surface area contributed by atoms with Crippen molar-refractivity contribution in [2.75, 3.05) is 6.61 Å². The molecule has 1 heteroatoms. The van der Waals surface area contributed by atoms with E-state index in [-0.39, 0.29) is 5.60 Å². The van der Waals surface area contributed by atoms with Crippen LogP contribution >= 0.6 is 0 Å². The molecule has 2 atom stereocenters. The summed E-state index contributed by atoms with van der Waals surface area (Å²) in [6.07, 6.45) is 13.9. The van der Waals surface area contributed by atoms with Crippen LogP contribution in [-0.4, -0.2) is 12.2 Å². The van der Waals surface area contributed by atoms with Gasteiger partial charge in [0.15, 0.2) is 0 Å². The van der Waals surface area contributed by atoms with E-state index >= 15 is 0 Å². The summed E-state index contributed by atoms with van der Waals surface area (Å²) >= 11 is 0.